The number of aromatic nitrogens is 2. The van der Waals surface area contributed by atoms with Gasteiger partial charge in [-0.05, 0) is 44.0 Å². The van der Waals surface area contributed by atoms with Gasteiger partial charge >= 0.3 is 0 Å². The Kier molecular flexibility index (Phi) is 5.33. The number of nitrogens with one attached hydrogen (secondary N) is 1. The van der Waals surface area contributed by atoms with Crippen LogP contribution < -0.4 is 5.32 Å². The van der Waals surface area contributed by atoms with Crippen LogP contribution in [0, 0.1) is 18.6 Å². The summed E-state index contributed by atoms with van der Waals surface area (Å²) in [5, 5.41) is 3.33. The van der Waals surface area contributed by atoms with Crippen LogP contribution in [0.3, 0.4) is 0 Å². The van der Waals surface area contributed by atoms with Gasteiger partial charge in [-0.15, -0.1) is 0 Å². The minimum Gasteiger partial charge on any atom is -0.308 e. The third kappa shape index (κ3) is 4.04. The van der Waals surface area contributed by atoms with Crippen molar-refractivity contribution in [1.29, 1.82) is 0 Å². The van der Waals surface area contributed by atoms with E-state index in [2.05, 4.69) is 22.2 Å². The van der Waals surface area contributed by atoms with Crippen LogP contribution in [0.4, 0.5) is 8.78 Å². The van der Waals surface area contributed by atoms with Crippen molar-refractivity contribution >= 4 is 0 Å². The fourth-order valence-electron chi connectivity index (χ4n) is 2.19. The van der Waals surface area contributed by atoms with E-state index in [1.54, 1.807) is 18.3 Å². The lowest BCUT2D eigenvalue weighted by Gasteiger charge is -2.18. The maximum absolute atomic E-state index is 13.8. The minimum atomic E-state index is -0.819. The lowest BCUT2D eigenvalue weighted by molar-refractivity contribution is 0.472. The molecule has 1 unspecified atom stereocenters. The molecule has 2 aromatic rings. The summed E-state index contributed by atoms with van der Waals surface area (Å²) in [6.45, 7) is 4.64. The van der Waals surface area contributed by atoms with Crippen molar-refractivity contribution in [2.75, 3.05) is 6.54 Å². The molecule has 0 aliphatic heterocycles. The maximum atomic E-state index is 13.8. The molecule has 5 heteroatoms. The number of halogens is 2. The van der Waals surface area contributed by atoms with Crippen molar-refractivity contribution in [2.45, 2.75) is 32.7 Å². The normalized spacial score (nSPS) is 12.4. The lowest BCUT2D eigenvalue weighted by atomic mass is 10.0. The highest BCUT2D eigenvalue weighted by Crippen LogP contribution is 2.20. The highest BCUT2D eigenvalue weighted by molar-refractivity contribution is 5.22. The van der Waals surface area contributed by atoms with Crippen LogP contribution in [0.1, 0.15) is 36.5 Å². The zero-order valence-corrected chi connectivity index (χ0v) is 12.2. The summed E-state index contributed by atoms with van der Waals surface area (Å²) < 4.78 is 27.2. The topological polar surface area (TPSA) is 37.8 Å². The smallest absolute Gasteiger partial charge is 0.162 e. The molecule has 1 aromatic carbocycles. The van der Waals surface area contributed by atoms with Gasteiger partial charge in [-0.25, -0.2) is 18.7 Å². The van der Waals surface area contributed by atoms with Crippen LogP contribution in [0.25, 0.3) is 0 Å². The van der Waals surface area contributed by atoms with Crippen LogP contribution in [-0.2, 0) is 6.42 Å². The van der Waals surface area contributed by atoms with Gasteiger partial charge in [0.2, 0.25) is 0 Å². The average Bonchev–Trinajstić information content (AvgIpc) is 2.47. The van der Waals surface area contributed by atoms with Gasteiger partial charge < -0.3 is 5.32 Å². The largest absolute Gasteiger partial charge is 0.308 e. The first-order valence-electron chi connectivity index (χ1n) is 7.07. The molecule has 0 spiro atoms. The predicted octanol–water partition coefficient (Wildman–Crippen LogP) is 3.35. The molecule has 0 saturated carbocycles. The predicted molar refractivity (Wildman–Crippen MR) is 77.9 cm³/mol. The summed E-state index contributed by atoms with van der Waals surface area (Å²) in [7, 11) is 0. The first-order valence-corrected chi connectivity index (χ1v) is 7.07. The number of nitrogens with zero attached hydrogens (tertiary/aromatic N) is 2. The van der Waals surface area contributed by atoms with Crippen molar-refractivity contribution in [1.82, 2.24) is 15.3 Å². The Balaban J connectivity index is 2.26. The first-order chi connectivity index (χ1) is 10.1. The summed E-state index contributed by atoms with van der Waals surface area (Å²) >= 11 is 0. The SMILES string of the molecule is CCCNC(Cc1cccc(F)c1F)c1ccnc(C)n1. The van der Waals surface area contributed by atoms with E-state index in [0.29, 0.717) is 17.8 Å². The van der Waals surface area contributed by atoms with Crippen molar-refractivity contribution in [2.24, 2.45) is 0 Å². The van der Waals surface area contributed by atoms with Gasteiger partial charge in [-0.1, -0.05) is 19.1 Å². The van der Waals surface area contributed by atoms with Crippen molar-refractivity contribution in [3.63, 3.8) is 0 Å². The standard InChI is InChI=1S/C16H19F2N3/c1-3-8-20-15(14-7-9-19-11(2)21-14)10-12-5-4-6-13(17)16(12)18/h4-7,9,15,20H,3,8,10H2,1-2H3. The van der Waals surface area contributed by atoms with Crippen LogP contribution >= 0.6 is 0 Å². The minimum absolute atomic E-state index is 0.164. The Labute approximate surface area is 123 Å². The molecule has 0 aliphatic rings. The highest BCUT2D eigenvalue weighted by Gasteiger charge is 2.17. The van der Waals surface area contributed by atoms with Crippen molar-refractivity contribution < 1.29 is 8.78 Å². The second-order valence-corrected chi connectivity index (χ2v) is 4.95. The van der Waals surface area contributed by atoms with Crippen LogP contribution in [0.2, 0.25) is 0 Å². The summed E-state index contributed by atoms with van der Waals surface area (Å²) in [6.07, 6.45) is 2.98. The van der Waals surface area contributed by atoms with Gasteiger partial charge in [-0.3, -0.25) is 0 Å². The third-order valence-electron chi connectivity index (χ3n) is 3.25. The summed E-state index contributed by atoms with van der Waals surface area (Å²) in [5.74, 6) is -0.942. The van der Waals surface area contributed by atoms with Gasteiger partial charge in [0.15, 0.2) is 11.6 Å². The van der Waals surface area contributed by atoms with Gasteiger partial charge in [0.25, 0.3) is 0 Å². The highest BCUT2D eigenvalue weighted by atomic mass is 19.2. The fraction of sp³-hybridized carbons (Fsp3) is 0.375. The molecule has 112 valence electrons. The average molecular weight is 291 g/mol. The summed E-state index contributed by atoms with van der Waals surface area (Å²) in [5.41, 5.74) is 1.14. The number of benzene rings is 1. The molecular weight excluding hydrogens is 272 g/mol. The number of aryl methyl sites for hydroxylation is 1. The molecular formula is C16H19F2N3. The molecule has 1 aromatic heterocycles. The van der Waals surface area contributed by atoms with E-state index < -0.39 is 11.6 Å². The van der Waals surface area contributed by atoms with Gasteiger partial charge in [0, 0.05) is 6.20 Å². The Morgan fingerprint density at radius 2 is 2.05 bits per heavy atom. The molecule has 1 atom stereocenters. The molecule has 3 nitrogen and oxygen atoms in total. The van der Waals surface area contributed by atoms with E-state index in [4.69, 9.17) is 0 Å². The molecule has 21 heavy (non-hydrogen) atoms. The Morgan fingerprint density at radius 1 is 1.24 bits per heavy atom. The summed E-state index contributed by atoms with van der Waals surface area (Å²) in [4.78, 5) is 8.45. The molecule has 0 aliphatic carbocycles. The fourth-order valence-corrected chi connectivity index (χ4v) is 2.19. The number of hydrogen-bond donors (Lipinski definition) is 1. The molecule has 1 N–H and O–H groups in total. The Bertz CT molecular complexity index is 602. The molecule has 2 rings (SSSR count). The van der Waals surface area contributed by atoms with Crippen LogP contribution in [0.15, 0.2) is 30.5 Å². The van der Waals surface area contributed by atoms with E-state index in [9.17, 15) is 8.78 Å². The summed E-state index contributed by atoms with van der Waals surface area (Å²) in [6, 6.07) is 5.89. The maximum Gasteiger partial charge on any atom is 0.162 e. The van der Waals surface area contributed by atoms with Crippen LogP contribution in [0.5, 0.6) is 0 Å². The van der Waals surface area contributed by atoms with E-state index in [1.807, 2.05) is 6.92 Å². The van der Waals surface area contributed by atoms with E-state index >= 15 is 0 Å². The second-order valence-electron chi connectivity index (χ2n) is 4.95. The Hall–Kier alpha value is -1.88. The first kappa shape index (κ1) is 15.5. The molecule has 0 radical (unpaired) electrons. The molecule has 0 saturated heterocycles. The zero-order chi connectivity index (χ0) is 15.2. The second kappa shape index (κ2) is 7.22. The third-order valence-corrected chi connectivity index (χ3v) is 3.25. The van der Waals surface area contributed by atoms with Crippen molar-refractivity contribution in [3.05, 3.63) is 59.2 Å². The number of rotatable bonds is 6. The molecule has 0 amide bonds. The van der Waals surface area contributed by atoms with E-state index in [1.165, 1.54) is 6.07 Å². The van der Waals surface area contributed by atoms with Gasteiger partial charge in [0.05, 0.1) is 11.7 Å². The molecule has 0 fully saturated rings. The quantitative estimate of drug-likeness (QED) is 0.887. The Morgan fingerprint density at radius 3 is 2.76 bits per heavy atom. The zero-order valence-electron chi connectivity index (χ0n) is 12.2. The number of hydrogen-bond acceptors (Lipinski definition) is 3. The van der Waals surface area contributed by atoms with E-state index in [-0.39, 0.29) is 6.04 Å². The van der Waals surface area contributed by atoms with Gasteiger partial charge in [0.1, 0.15) is 5.82 Å². The van der Waals surface area contributed by atoms with Gasteiger partial charge in [-0.2, -0.15) is 0 Å². The molecule has 0 bridgehead atoms. The monoisotopic (exact) mass is 291 g/mol. The van der Waals surface area contributed by atoms with Crippen molar-refractivity contribution in [3.8, 4) is 0 Å². The molecule has 1 heterocycles. The van der Waals surface area contributed by atoms with E-state index in [0.717, 1.165) is 24.7 Å². The van der Waals surface area contributed by atoms with Crippen LogP contribution in [-0.4, -0.2) is 16.5 Å². The lowest BCUT2D eigenvalue weighted by Crippen LogP contribution is -2.25.